The first-order valence-corrected chi connectivity index (χ1v) is 5.01. The average Bonchev–Trinajstić information content (AvgIpc) is 2.03. The van der Waals surface area contributed by atoms with Gasteiger partial charge in [0.2, 0.25) is 5.91 Å². The highest BCUT2D eigenvalue weighted by Crippen LogP contribution is 2.11. The smallest absolute Gasteiger partial charge is 0.225 e. The molecule has 0 aromatic heterocycles. The molecule has 1 aliphatic rings. The van der Waals surface area contributed by atoms with Crippen LogP contribution in [0.3, 0.4) is 0 Å². The first-order valence-electron chi connectivity index (χ1n) is 5.01. The largest absolute Gasteiger partial charge is 0.337 e. The molecule has 1 saturated heterocycles. The Hall–Kier alpha value is -0.570. The number of hydrogen-bond acceptors (Lipinski definition) is 2. The highest BCUT2D eigenvalue weighted by Gasteiger charge is 2.26. The van der Waals surface area contributed by atoms with E-state index in [9.17, 15) is 4.79 Å². The Kier molecular flexibility index (Phi) is 3.31. The first-order chi connectivity index (χ1) is 6.02. The molecule has 1 fully saturated rings. The van der Waals surface area contributed by atoms with E-state index in [1.807, 2.05) is 18.7 Å². The monoisotopic (exact) mass is 184 g/mol. The van der Waals surface area contributed by atoms with Crippen LogP contribution in [0.5, 0.6) is 0 Å². The summed E-state index contributed by atoms with van der Waals surface area (Å²) in [5.74, 6) is 0.423. The molecule has 0 unspecified atom stereocenters. The Labute approximate surface area is 80.7 Å². The summed E-state index contributed by atoms with van der Waals surface area (Å²) < 4.78 is 0. The summed E-state index contributed by atoms with van der Waals surface area (Å²) in [5.41, 5.74) is 0. The molecule has 1 heterocycles. The molecule has 0 aromatic carbocycles. The van der Waals surface area contributed by atoms with Gasteiger partial charge >= 0.3 is 0 Å². The van der Waals surface area contributed by atoms with Crippen molar-refractivity contribution in [2.45, 2.75) is 26.8 Å². The number of carbonyl (C=O) groups is 1. The maximum absolute atomic E-state index is 11.7. The van der Waals surface area contributed by atoms with Crippen LogP contribution in [0.25, 0.3) is 0 Å². The molecule has 1 aliphatic heterocycles. The summed E-state index contributed by atoms with van der Waals surface area (Å²) >= 11 is 0. The van der Waals surface area contributed by atoms with E-state index in [2.05, 4.69) is 18.9 Å². The number of rotatable bonds is 1. The normalized spacial score (nSPS) is 25.3. The van der Waals surface area contributed by atoms with Crippen LogP contribution < -0.4 is 0 Å². The van der Waals surface area contributed by atoms with Gasteiger partial charge in [-0.15, -0.1) is 0 Å². The predicted molar refractivity (Wildman–Crippen MR) is 53.5 cm³/mol. The van der Waals surface area contributed by atoms with Crippen molar-refractivity contribution < 1.29 is 4.79 Å². The molecule has 0 N–H and O–H groups in total. The molecule has 1 amide bonds. The van der Waals surface area contributed by atoms with E-state index in [1.165, 1.54) is 0 Å². The van der Waals surface area contributed by atoms with Crippen LogP contribution in [0.4, 0.5) is 0 Å². The average molecular weight is 184 g/mol. The lowest BCUT2D eigenvalue weighted by molar-refractivity contribution is -0.138. The Morgan fingerprint density at radius 2 is 2.00 bits per heavy atom. The van der Waals surface area contributed by atoms with Crippen LogP contribution in [0, 0.1) is 5.92 Å². The fraction of sp³-hybridized carbons (Fsp3) is 0.900. The van der Waals surface area contributed by atoms with E-state index >= 15 is 0 Å². The maximum atomic E-state index is 11.7. The van der Waals surface area contributed by atoms with Crippen LogP contribution in [-0.2, 0) is 4.79 Å². The van der Waals surface area contributed by atoms with Gasteiger partial charge in [-0.2, -0.15) is 0 Å². The Balaban J connectivity index is 2.56. The van der Waals surface area contributed by atoms with Crippen molar-refractivity contribution in [2.75, 3.05) is 26.7 Å². The second-order valence-electron chi connectivity index (χ2n) is 4.30. The summed E-state index contributed by atoms with van der Waals surface area (Å²) in [6, 6.07) is 0.369. The number of hydrogen-bond donors (Lipinski definition) is 0. The first kappa shape index (κ1) is 10.5. The lowest BCUT2D eigenvalue weighted by Crippen LogP contribution is -2.53. The number of nitrogens with zero attached hydrogens (tertiary/aromatic N) is 2. The summed E-state index contributed by atoms with van der Waals surface area (Å²) in [4.78, 5) is 16.0. The van der Waals surface area contributed by atoms with Crippen molar-refractivity contribution in [3.05, 3.63) is 0 Å². The zero-order chi connectivity index (χ0) is 10.0. The van der Waals surface area contributed by atoms with E-state index in [0.717, 1.165) is 19.6 Å². The molecule has 13 heavy (non-hydrogen) atoms. The lowest BCUT2D eigenvalue weighted by atomic mass is 10.1. The summed E-state index contributed by atoms with van der Waals surface area (Å²) in [6.07, 6.45) is 0. The van der Waals surface area contributed by atoms with Crippen molar-refractivity contribution in [1.29, 1.82) is 0 Å². The van der Waals surface area contributed by atoms with E-state index in [-0.39, 0.29) is 5.92 Å². The molecular weight excluding hydrogens is 164 g/mol. The van der Waals surface area contributed by atoms with Crippen molar-refractivity contribution in [2.24, 2.45) is 5.92 Å². The van der Waals surface area contributed by atoms with E-state index in [1.54, 1.807) is 0 Å². The Morgan fingerprint density at radius 3 is 2.46 bits per heavy atom. The second-order valence-corrected chi connectivity index (χ2v) is 4.30. The minimum absolute atomic E-state index is 0.130. The van der Waals surface area contributed by atoms with E-state index in [0.29, 0.717) is 11.9 Å². The topological polar surface area (TPSA) is 23.6 Å². The van der Waals surface area contributed by atoms with Gasteiger partial charge in [-0.25, -0.2) is 0 Å². The summed E-state index contributed by atoms with van der Waals surface area (Å²) in [5, 5.41) is 0. The SMILES string of the molecule is CC(C)C(=O)N1CCN(C)C[C@H]1C. The fourth-order valence-electron chi connectivity index (χ4n) is 1.80. The molecule has 0 aliphatic carbocycles. The molecular formula is C10H20N2O. The summed E-state index contributed by atoms with van der Waals surface area (Å²) in [6.45, 7) is 8.94. The molecule has 3 nitrogen and oxygen atoms in total. The third-order valence-electron chi connectivity index (χ3n) is 2.61. The number of piperazine rings is 1. The van der Waals surface area contributed by atoms with Gasteiger partial charge < -0.3 is 9.80 Å². The molecule has 3 heteroatoms. The second kappa shape index (κ2) is 4.09. The predicted octanol–water partition coefficient (Wildman–Crippen LogP) is 0.805. The molecule has 1 rings (SSSR count). The van der Waals surface area contributed by atoms with Gasteiger partial charge in [0.25, 0.3) is 0 Å². The lowest BCUT2D eigenvalue weighted by Gasteiger charge is -2.39. The molecule has 76 valence electrons. The van der Waals surface area contributed by atoms with Gasteiger partial charge in [-0.1, -0.05) is 13.8 Å². The quantitative estimate of drug-likeness (QED) is 0.602. The van der Waals surface area contributed by atoms with Crippen LogP contribution in [0.15, 0.2) is 0 Å². The third-order valence-corrected chi connectivity index (χ3v) is 2.61. The summed E-state index contributed by atoms with van der Waals surface area (Å²) in [7, 11) is 2.10. The van der Waals surface area contributed by atoms with Gasteiger partial charge in [-0.3, -0.25) is 4.79 Å². The van der Waals surface area contributed by atoms with Crippen molar-refractivity contribution in [3.8, 4) is 0 Å². The van der Waals surface area contributed by atoms with Crippen LogP contribution in [0.1, 0.15) is 20.8 Å². The standard InChI is InChI=1S/C10H20N2O/c1-8(2)10(13)12-6-5-11(4)7-9(12)3/h8-9H,5-7H2,1-4H3/t9-/m1/s1. The third kappa shape index (κ3) is 2.44. The van der Waals surface area contributed by atoms with Crippen LogP contribution >= 0.6 is 0 Å². The molecule has 0 aromatic rings. The Bertz CT molecular complexity index is 191. The van der Waals surface area contributed by atoms with Crippen LogP contribution in [0.2, 0.25) is 0 Å². The van der Waals surface area contributed by atoms with Crippen molar-refractivity contribution in [1.82, 2.24) is 9.80 Å². The van der Waals surface area contributed by atoms with Gasteiger partial charge in [0.15, 0.2) is 0 Å². The molecule has 0 radical (unpaired) electrons. The van der Waals surface area contributed by atoms with Crippen LogP contribution in [-0.4, -0.2) is 48.4 Å². The minimum atomic E-state index is 0.130. The maximum Gasteiger partial charge on any atom is 0.225 e. The number of likely N-dealkylation sites (N-methyl/N-ethyl adjacent to an activating group) is 1. The minimum Gasteiger partial charge on any atom is -0.337 e. The van der Waals surface area contributed by atoms with E-state index in [4.69, 9.17) is 0 Å². The number of carbonyl (C=O) groups excluding carboxylic acids is 1. The fourth-order valence-corrected chi connectivity index (χ4v) is 1.80. The van der Waals surface area contributed by atoms with Crippen molar-refractivity contribution in [3.63, 3.8) is 0 Å². The van der Waals surface area contributed by atoms with Gasteiger partial charge in [-0.05, 0) is 14.0 Å². The molecule has 0 saturated carbocycles. The van der Waals surface area contributed by atoms with Gasteiger partial charge in [0.05, 0.1) is 0 Å². The molecule has 0 spiro atoms. The zero-order valence-electron chi connectivity index (χ0n) is 9.08. The van der Waals surface area contributed by atoms with E-state index < -0.39 is 0 Å². The van der Waals surface area contributed by atoms with Gasteiger partial charge in [0, 0.05) is 31.6 Å². The number of amides is 1. The zero-order valence-corrected chi connectivity index (χ0v) is 9.08. The Morgan fingerprint density at radius 1 is 1.38 bits per heavy atom. The van der Waals surface area contributed by atoms with Crippen molar-refractivity contribution >= 4 is 5.91 Å². The highest BCUT2D eigenvalue weighted by atomic mass is 16.2. The molecule has 1 atom stereocenters. The van der Waals surface area contributed by atoms with Gasteiger partial charge in [0.1, 0.15) is 0 Å². The highest BCUT2D eigenvalue weighted by molar-refractivity contribution is 5.78. The molecule has 0 bridgehead atoms.